The van der Waals surface area contributed by atoms with Crippen molar-refractivity contribution in [2.45, 2.75) is 32.1 Å². The highest BCUT2D eigenvalue weighted by atomic mass is 35.5. The molecule has 0 radical (unpaired) electrons. The maximum Gasteiger partial charge on any atom is 0.343 e. The first-order chi connectivity index (χ1) is 15.0. The summed E-state index contributed by atoms with van der Waals surface area (Å²) in [5, 5.41) is 2.99. The zero-order chi connectivity index (χ0) is 22.2. The Morgan fingerprint density at radius 2 is 1.65 bits per heavy atom. The van der Waals surface area contributed by atoms with Gasteiger partial charge in [-0.1, -0.05) is 42.1 Å². The summed E-state index contributed by atoms with van der Waals surface area (Å²) in [4.78, 5) is 12.3. The van der Waals surface area contributed by atoms with E-state index in [1.54, 1.807) is 12.3 Å². The molecule has 164 valence electrons. The largest absolute Gasteiger partial charge is 0.469 e. The van der Waals surface area contributed by atoms with E-state index in [2.05, 4.69) is 5.32 Å². The van der Waals surface area contributed by atoms with Gasteiger partial charge in [0.1, 0.15) is 23.1 Å². The molecule has 1 aromatic heterocycles. The minimum absolute atomic E-state index is 0.0640. The molecule has 0 saturated heterocycles. The van der Waals surface area contributed by atoms with Crippen LogP contribution in [0.3, 0.4) is 0 Å². The lowest BCUT2D eigenvalue weighted by Crippen LogP contribution is -2.12. The van der Waals surface area contributed by atoms with Crippen LogP contribution in [0.25, 0.3) is 0 Å². The fraction of sp³-hybridized carbons (Fsp3) is 0.261. The van der Waals surface area contributed by atoms with Crippen LogP contribution >= 0.6 is 23.2 Å². The number of rotatable bonds is 10. The molecule has 1 heterocycles. The van der Waals surface area contributed by atoms with Crippen molar-refractivity contribution in [2.75, 3.05) is 11.9 Å². The molecular formula is C23H21Cl2F2NO3. The van der Waals surface area contributed by atoms with Gasteiger partial charge in [0, 0.05) is 13.0 Å². The van der Waals surface area contributed by atoms with Crippen molar-refractivity contribution in [3.63, 3.8) is 0 Å². The fourth-order valence-corrected chi connectivity index (χ4v) is 3.51. The van der Waals surface area contributed by atoms with Gasteiger partial charge >= 0.3 is 5.97 Å². The van der Waals surface area contributed by atoms with Gasteiger partial charge in [0.2, 0.25) is 0 Å². The van der Waals surface area contributed by atoms with E-state index in [1.165, 1.54) is 12.1 Å². The standard InChI is InChI=1S/C23H21Cl2F2NO3/c24-17-9-5-10-18(25)22(17)31-23(29)15-13-19(26)21(20(27)14-15)28-11-4-2-1-3-7-16-8-6-12-30-16/h5-6,8-10,12-14,28H,1-4,7,11H2. The summed E-state index contributed by atoms with van der Waals surface area (Å²) in [5.41, 5.74) is -0.558. The van der Waals surface area contributed by atoms with Crippen molar-refractivity contribution in [1.29, 1.82) is 0 Å². The van der Waals surface area contributed by atoms with Crippen molar-refractivity contribution in [1.82, 2.24) is 0 Å². The average molecular weight is 468 g/mol. The number of ether oxygens (including phenoxy) is 1. The minimum Gasteiger partial charge on any atom is -0.469 e. The lowest BCUT2D eigenvalue weighted by molar-refractivity contribution is 0.0734. The second-order valence-electron chi connectivity index (χ2n) is 6.93. The van der Waals surface area contributed by atoms with Gasteiger partial charge in [0.05, 0.1) is 21.9 Å². The number of para-hydroxylation sites is 1. The van der Waals surface area contributed by atoms with E-state index in [4.69, 9.17) is 32.4 Å². The van der Waals surface area contributed by atoms with Crippen LogP contribution in [0.5, 0.6) is 5.75 Å². The number of hydrogen-bond donors (Lipinski definition) is 1. The maximum atomic E-state index is 14.4. The quantitative estimate of drug-likeness (QED) is 0.193. The van der Waals surface area contributed by atoms with E-state index >= 15 is 0 Å². The number of esters is 1. The summed E-state index contributed by atoms with van der Waals surface area (Å²) >= 11 is 11.9. The third-order valence-corrected chi connectivity index (χ3v) is 5.22. The molecule has 2 aromatic carbocycles. The summed E-state index contributed by atoms with van der Waals surface area (Å²) < 4.78 is 39.2. The molecule has 0 bridgehead atoms. The van der Waals surface area contributed by atoms with E-state index < -0.39 is 17.6 Å². The molecule has 0 aliphatic carbocycles. The van der Waals surface area contributed by atoms with Crippen LogP contribution in [-0.2, 0) is 6.42 Å². The van der Waals surface area contributed by atoms with E-state index in [1.807, 2.05) is 12.1 Å². The normalized spacial score (nSPS) is 10.8. The molecule has 8 heteroatoms. The molecule has 0 saturated carbocycles. The van der Waals surface area contributed by atoms with Crippen LogP contribution in [0.1, 0.15) is 41.8 Å². The number of aryl methyl sites for hydroxylation is 1. The van der Waals surface area contributed by atoms with Crippen molar-refractivity contribution in [3.05, 3.63) is 81.7 Å². The lowest BCUT2D eigenvalue weighted by Gasteiger charge is -2.11. The Labute approximate surface area is 189 Å². The molecule has 0 fully saturated rings. The number of anilines is 1. The summed E-state index contributed by atoms with van der Waals surface area (Å²) in [5.74, 6) is -1.83. The second kappa shape index (κ2) is 11.2. The predicted molar refractivity (Wildman–Crippen MR) is 117 cm³/mol. The van der Waals surface area contributed by atoms with E-state index in [-0.39, 0.29) is 27.0 Å². The molecule has 0 spiro atoms. The van der Waals surface area contributed by atoms with Gasteiger partial charge in [-0.3, -0.25) is 0 Å². The molecule has 3 rings (SSSR count). The summed E-state index contributed by atoms with van der Waals surface area (Å²) in [7, 11) is 0. The number of benzene rings is 2. The number of hydrogen-bond acceptors (Lipinski definition) is 4. The molecule has 0 atom stereocenters. The first kappa shape index (κ1) is 23.1. The first-order valence-electron chi connectivity index (χ1n) is 9.87. The van der Waals surface area contributed by atoms with Gasteiger partial charge < -0.3 is 14.5 Å². The van der Waals surface area contributed by atoms with E-state index in [0.29, 0.717) is 6.54 Å². The molecule has 0 amide bonds. The van der Waals surface area contributed by atoms with Crippen LogP contribution in [-0.4, -0.2) is 12.5 Å². The highest BCUT2D eigenvalue weighted by Gasteiger charge is 2.19. The maximum absolute atomic E-state index is 14.4. The average Bonchev–Trinajstić information content (AvgIpc) is 3.25. The van der Waals surface area contributed by atoms with Gasteiger partial charge in [-0.15, -0.1) is 0 Å². The Morgan fingerprint density at radius 3 is 2.29 bits per heavy atom. The van der Waals surface area contributed by atoms with Gasteiger partial charge in [-0.05, 0) is 49.2 Å². The third kappa shape index (κ3) is 6.45. The van der Waals surface area contributed by atoms with Crippen molar-refractivity contribution in [3.8, 4) is 5.75 Å². The number of furan rings is 1. The number of carbonyl (C=O) groups excluding carboxylic acids is 1. The Bertz CT molecular complexity index is 982. The molecule has 0 aliphatic heterocycles. The Morgan fingerprint density at radius 1 is 0.968 bits per heavy atom. The minimum atomic E-state index is -0.962. The van der Waals surface area contributed by atoms with Crippen LogP contribution in [0, 0.1) is 11.6 Å². The topological polar surface area (TPSA) is 51.5 Å². The fourth-order valence-electron chi connectivity index (χ4n) is 3.04. The van der Waals surface area contributed by atoms with Crippen LogP contribution in [0.4, 0.5) is 14.5 Å². The summed E-state index contributed by atoms with van der Waals surface area (Å²) in [6.45, 7) is 0.410. The van der Waals surface area contributed by atoms with E-state index in [0.717, 1.165) is 50.0 Å². The highest BCUT2D eigenvalue weighted by Crippen LogP contribution is 2.33. The molecular weight excluding hydrogens is 447 g/mol. The Hall–Kier alpha value is -2.57. The van der Waals surface area contributed by atoms with Gasteiger partial charge in [0.25, 0.3) is 0 Å². The molecule has 3 aromatic rings. The number of carbonyl (C=O) groups is 1. The summed E-state index contributed by atoms with van der Waals surface area (Å²) in [6, 6.07) is 10.2. The van der Waals surface area contributed by atoms with Gasteiger partial charge in [0.15, 0.2) is 5.75 Å². The number of unbranched alkanes of at least 4 members (excludes halogenated alkanes) is 3. The van der Waals surface area contributed by atoms with Crippen LogP contribution in [0.15, 0.2) is 53.1 Å². The molecule has 0 aliphatic rings. The second-order valence-corrected chi connectivity index (χ2v) is 7.74. The number of nitrogens with one attached hydrogen (secondary N) is 1. The molecule has 0 unspecified atom stereocenters. The van der Waals surface area contributed by atoms with Crippen molar-refractivity contribution in [2.24, 2.45) is 0 Å². The molecule has 1 N–H and O–H groups in total. The smallest absolute Gasteiger partial charge is 0.343 e. The van der Waals surface area contributed by atoms with Gasteiger partial charge in [-0.2, -0.15) is 0 Å². The zero-order valence-electron chi connectivity index (χ0n) is 16.6. The third-order valence-electron chi connectivity index (χ3n) is 4.62. The van der Waals surface area contributed by atoms with Crippen LogP contribution in [0.2, 0.25) is 10.0 Å². The first-order valence-corrected chi connectivity index (χ1v) is 10.6. The van der Waals surface area contributed by atoms with E-state index in [9.17, 15) is 13.6 Å². The monoisotopic (exact) mass is 467 g/mol. The zero-order valence-corrected chi connectivity index (χ0v) is 18.1. The van der Waals surface area contributed by atoms with Crippen LogP contribution < -0.4 is 10.1 Å². The highest BCUT2D eigenvalue weighted by molar-refractivity contribution is 6.37. The van der Waals surface area contributed by atoms with Crippen molar-refractivity contribution < 1.29 is 22.7 Å². The SMILES string of the molecule is O=C(Oc1c(Cl)cccc1Cl)c1cc(F)c(NCCCCCCc2ccco2)c(F)c1. The Balaban J connectivity index is 1.49. The predicted octanol–water partition coefficient (Wildman–Crippen LogP) is 7.30. The molecule has 31 heavy (non-hydrogen) atoms. The number of halogens is 4. The lowest BCUT2D eigenvalue weighted by atomic mass is 10.1. The molecule has 4 nitrogen and oxygen atoms in total. The summed E-state index contributed by atoms with van der Waals surface area (Å²) in [6.07, 6.45) is 6.18. The Kier molecular flexibility index (Phi) is 8.32. The van der Waals surface area contributed by atoms with Crippen molar-refractivity contribution >= 4 is 34.9 Å². The van der Waals surface area contributed by atoms with Gasteiger partial charge in [-0.25, -0.2) is 13.6 Å².